The van der Waals surface area contributed by atoms with E-state index in [1.165, 1.54) is 5.82 Å². The molecule has 0 atom stereocenters. The number of methoxy groups -OCH3 is 2. The zero-order valence-corrected chi connectivity index (χ0v) is 10.6. The van der Waals surface area contributed by atoms with Gasteiger partial charge in [0, 0.05) is 47.2 Å². The molecule has 0 fully saturated rings. The van der Waals surface area contributed by atoms with Crippen LogP contribution in [0.5, 0.6) is 0 Å². The molecule has 1 heterocycles. The Hall–Kier alpha value is -0.870. The molecule has 0 aliphatic heterocycles. The van der Waals surface area contributed by atoms with E-state index in [1.54, 1.807) is 14.2 Å². The Bertz CT molecular complexity index is 270. The molecule has 0 aliphatic rings. The molecule has 0 bridgehead atoms. The van der Waals surface area contributed by atoms with E-state index in [1.807, 2.05) is 0 Å². The summed E-state index contributed by atoms with van der Waals surface area (Å²) in [6.07, 6.45) is 6.39. The summed E-state index contributed by atoms with van der Waals surface area (Å²) in [5, 5.41) is 0. The summed E-state index contributed by atoms with van der Waals surface area (Å²) in [6, 6.07) is 0. The fourth-order valence-electron chi connectivity index (χ4n) is 1.77. The van der Waals surface area contributed by atoms with Gasteiger partial charge in [-0.1, -0.05) is 0 Å². The molecule has 4 heteroatoms. The molecule has 0 amide bonds. The Morgan fingerprint density at radius 1 is 1.19 bits per heavy atom. The van der Waals surface area contributed by atoms with Crippen molar-refractivity contribution in [1.82, 2.24) is 4.57 Å². The predicted octanol–water partition coefficient (Wildman–Crippen LogP) is 1.16. The van der Waals surface area contributed by atoms with Crippen LogP contribution in [-0.2, 0) is 22.6 Å². The molecule has 0 aromatic carbocycles. The highest BCUT2D eigenvalue weighted by Crippen LogP contribution is 1.97. The summed E-state index contributed by atoms with van der Waals surface area (Å²) in [7, 11) is 3.49. The second-order valence-electron chi connectivity index (χ2n) is 3.92. The summed E-state index contributed by atoms with van der Waals surface area (Å²) in [4.78, 5) is 0. The number of hydrogen-bond acceptors (Lipinski definition) is 2. The maximum absolute atomic E-state index is 5.05. The average Bonchev–Trinajstić information content (AvgIpc) is 2.62. The summed E-state index contributed by atoms with van der Waals surface area (Å²) in [6.45, 7) is 5.84. The third-order valence-electron chi connectivity index (χ3n) is 2.75. The molecule has 0 saturated heterocycles. The topological polar surface area (TPSA) is 27.3 Å². The van der Waals surface area contributed by atoms with Crippen molar-refractivity contribution in [3.05, 3.63) is 18.2 Å². The summed E-state index contributed by atoms with van der Waals surface area (Å²) >= 11 is 0. The van der Waals surface area contributed by atoms with E-state index in [9.17, 15) is 0 Å². The first-order valence-electron chi connectivity index (χ1n) is 5.82. The molecule has 4 nitrogen and oxygen atoms in total. The SMILES string of the molecule is COCCCn1cc[n+](CCCOC)c1C. The molecule has 92 valence electrons. The number of nitrogens with zero attached hydrogens (tertiary/aromatic N) is 2. The molecule has 0 saturated carbocycles. The molecule has 1 rings (SSSR count). The molecule has 0 aliphatic carbocycles. The Kier molecular flexibility index (Phi) is 6.11. The average molecular weight is 227 g/mol. The summed E-state index contributed by atoms with van der Waals surface area (Å²) in [5.74, 6) is 1.30. The van der Waals surface area contributed by atoms with Crippen LogP contribution in [0.3, 0.4) is 0 Å². The normalized spacial score (nSPS) is 10.9. The van der Waals surface area contributed by atoms with Crippen LogP contribution in [0.4, 0.5) is 0 Å². The lowest BCUT2D eigenvalue weighted by atomic mass is 10.4. The number of ether oxygens (including phenoxy) is 2. The van der Waals surface area contributed by atoms with Crippen LogP contribution in [0.2, 0.25) is 0 Å². The summed E-state index contributed by atoms with van der Waals surface area (Å²) in [5.41, 5.74) is 0. The lowest BCUT2D eigenvalue weighted by Gasteiger charge is -2.01. The first kappa shape index (κ1) is 13.2. The Morgan fingerprint density at radius 3 is 2.56 bits per heavy atom. The van der Waals surface area contributed by atoms with Crippen LogP contribution in [0.25, 0.3) is 0 Å². The third-order valence-corrected chi connectivity index (χ3v) is 2.75. The zero-order chi connectivity index (χ0) is 11.8. The van der Waals surface area contributed by atoms with Crippen molar-refractivity contribution >= 4 is 0 Å². The minimum absolute atomic E-state index is 0.821. The fourth-order valence-corrected chi connectivity index (χ4v) is 1.77. The molecule has 1 aromatic rings. The van der Waals surface area contributed by atoms with Crippen LogP contribution in [0.1, 0.15) is 18.7 Å². The largest absolute Gasteiger partial charge is 0.385 e. The van der Waals surface area contributed by atoms with Gasteiger partial charge in [-0.3, -0.25) is 0 Å². The molecular formula is C12H23N2O2+. The van der Waals surface area contributed by atoms with E-state index < -0.39 is 0 Å². The smallest absolute Gasteiger partial charge is 0.253 e. The van der Waals surface area contributed by atoms with E-state index in [2.05, 4.69) is 28.5 Å². The molecule has 0 unspecified atom stereocenters. The van der Waals surface area contributed by atoms with Crippen LogP contribution < -0.4 is 4.57 Å². The summed E-state index contributed by atoms with van der Waals surface area (Å²) < 4.78 is 14.6. The number of aromatic nitrogens is 2. The van der Waals surface area contributed by atoms with Crippen molar-refractivity contribution in [3.8, 4) is 0 Å². The second-order valence-corrected chi connectivity index (χ2v) is 3.92. The number of hydrogen-bond donors (Lipinski definition) is 0. The van der Waals surface area contributed by atoms with Gasteiger partial charge in [-0.05, 0) is 0 Å². The van der Waals surface area contributed by atoms with Crippen molar-refractivity contribution in [3.63, 3.8) is 0 Å². The van der Waals surface area contributed by atoms with E-state index in [0.717, 1.165) is 39.1 Å². The fraction of sp³-hybridized carbons (Fsp3) is 0.750. The van der Waals surface area contributed by atoms with Crippen molar-refractivity contribution in [2.45, 2.75) is 32.9 Å². The van der Waals surface area contributed by atoms with Gasteiger partial charge in [0.25, 0.3) is 5.82 Å². The first-order chi connectivity index (χ1) is 7.79. The van der Waals surface area contributed by atoms with Gasteiger partial charge in [0.1, 0.15) is 12.4 Å². The molecule has 16 heavy (non-hydrogen) atoms. The van der Waals surface area contributed by atoms with Gasteiger partial charge in [0.2, 0.25) is 0 Å². The standard InChI is InChI=1S/C12H23N2O2/c1-12-13(6-4-10-15-2)8-9-14(12)7-5-11-16-3/h8-9H,4-7,10-11H2,1-3H3/q+1. The van der Waals surface area contributed by atoms with Crippen molar-refractivity contribution in [2.75, 3.05) is 27.4 Å². The van der Waals surface area contributed by atoms with Gasteiger partial charge in [-0.15, -0.1) is 0 Å². The highest BCUT2D eigenvalue weighted by Gasteiger charge is 2.10. The van der Waals surface area contributed by atoms with Crippen molar-refractivity contribution < 1.29 is 14.0 Å². The van der Waals surface area contributed by atoms with Crippen LogP contribution >= 0.6 is 0 Å². The van der Waals surface area contributed by atoms with Gasteiger partial charge < -0.3 is 9.47 Å². The van der Waals surface area contributed by atoms with Crippen molar-refractivity contribution in [1.29, 1.82) is 0 Å². The Labute approximate surface area is 97.8 Å². The second kappa shape index (κ2) is 7.41. The Balaban J connectivity index is 2.41. The number of imidazole rings is 1. The van der Waals surface area contributed by atoms with Crippen LogP contribution in [0.15, 0.2) is 12.4 Å². The van der Waals surface area contributed by atoms with Gasteiger partial charge in [-0.25, -0.2) is 9.13 Å². The monoisotopic (exact) mass is 227 g/mol. The van der Waals surface area contributed by atoms with Crippen LogP contribution in [0, 0.1) is 6.92 Å². The maximum Gasteiger partial charge on any atom is 0.253 e. The van der Waals surface area contributed by atoms with Crippen molar-refractivity contribution in [2.24, 2.45) is 0 Å². The van der Waals surface area contributed by atoms with Gasteiger partial charge in [-0.2, -0.15) is 0 Å². The predicted molar refractivity (Wildman–Crippen MR) is 62.4 cm³/mol. The minimum atomic E-state index is 0.821. The highest BCUT2D eigenvalue weighted by molar-refractivity contribution is 4.79. The quantitative estimate of drug-likeness (QED) is 0.492. The third kappa shape index (κ3) is 3.94. The first-order valence-corrected chi connectivity index (χ1v) is 5.82. The van der Waals surface area contributed by atoms with Gasteiger partial charge >= 0.3 is 0 Å². The lowest BCUT2D eigenvalue weighted by Crippen LogP contribution is -2.36. The van der Waals surface area contributed by atoms with E-state index in [4.69, 9.17) is 9.47 Å². The molecule has 0 spiro atoms. The van der Waals surface area contributed by atoms with Gasteiger partial charge in [0.15, 0.2) is 0 Å². The molecule has 0 radical (unpaired) electrons. The number of rotatable bonds is 8. The zero-order valence-electron chi connectivity index (χ0n) is 10.6. The van der Waals surface area contributed by atoms with E-state index in [0.29, 0.717) is 0 Å². The maximum atomic E-state index is 5.05. The minimum Gasteiger partial charge on any atom is -0.385 e. The molecule has 1 aromatic heterocycles. The van der Waals surface area contributed by atoms with E-state index in [-0.39, 0.29) is 0 Å². The molecular weight excluding hydrogens is 204 g/mol. The van der Waals surface area contributed by atoms with Gasteiger partial charge in [0.05, 0.1) is 13.1 Å². The van der Waals surface area contributed by atoms with Crippen LogP contribution in [-0.4, -0.2) is 32.0 Å². The number of aryl methyl sites for hydroxylation is 2. The molecule has 0 N–H and O–H groups in total. The highest BCUT2D eigenvalue weighted by atomic mass is 16.5. The Morgan fingerprint density at radius 2 is 1.88 bits per heavy atom. The lowest BCUT2D eigenvalue weighted by molar-refractivity contribution is -0.703. The van der Waals surface area contributed by atoms with E-state index >= 15 is 0 Å².